The van der Waals surface area contributed by atoms with Gasteiger partial charge in [-0.25, -0.2) is 0 Å². The molecule has 2 atom stereocenters. The van der Waals surface area contributed by atoms with Crippen LogP contribution in [0, 0.1) is 0 Å². The van der Waals surface area contributed by atoms with E-state index in [1.54, 1.807) is 24.3 Å². The van der Waals surface area contributed by atoms with Gasteiger partial charge in [-0.05, 0) is 44.2 Å². The Hall–Kier alpha value is -2.57. The topological polar surface area (TPSA) is 90.8 Å². The number of morpholine rings is 1. The van der Waals surface area contributed by atoms with E-state index in [0.29, 0.717) is 28.3 Å². The van der Waals surface area contributed by atoms with Gasteiger partial charge < -0.3 is 20.9 Å². The molecule has 0 radical (unpaired) electrons. The molecule has 0 aliphatic carbocycles. The van der Waals surface area contributed by atoms with E-state index in [4.69, 9.17) is 20.9 Å². The Morgan fingerprint density at radius 2 is 1.78 bits per heavy atom. The van der Waals surface area contributed by atoms with Crippen LogP contribution in [0.1, 0.15) is 29.8 Å². The highest BCUT2D eigenvalue weighted by Crippen LogP contribution is 2.26. The summed E-state index contributed by atoms with van der Waals surface area (Å²) in [4.78, 5) is 15.3. The molecule has 27 heavy (non-hydrogen) atoms. The Morgan fingerprint density at radius 1 is 1.07 bits per heavy atom. The highest BCUT2D eigenvalue weighted by Gasteiger charge is 2.25. The molecule has 0 bridgehead atoms. The molecule has 1 saturated heterocycles. The predicted molar refractivity (Wildman–Crippen MR) is 107 cm³/mol. The fourth-order valence-electron chi connectivity index (χ4n) is 3.21. The van der Waals surface area contributed by atoms with Gasteiger partial charge in [0.25, 0.3) is 0 Å². The molecular formula is C21H27N3O3. The number of benzene rings is 2. The average molecular weight is 369 g/mol. The van der Waals surface area contributed by atoms with Gasteiger partial charge in [0.1, 0.15) is 11.9 Å². The molecule has 6 heteroatoms. The molecule has 4 N–H and O–H groups in total. The smallest absolute Gasteiger partial charge is 0.196 e. The standard InChI is InChI=1S/C21H27N3O3/c1-14(24-9-11-26-12-10-24)15(2)27-20-6-4-3-5-17(20)21(25)16-7-8-18(22)19(23)13-16/h3-8,13-15H,9-12,22-23H2,1-2H3. The summed E-state index contributed by atoms with van der Waals surface area (Å²) in [5.41, 5.74) is 13.5. The van der Waals surface area contributed by atoms with Gasteiger partial charge in [-0.2, -0.15) is 0 Å². The maximum Gasteiger partial charge on any atom is 0.196 e. The van der Waals surface area contributed by atoms with Gasteiger partial charge in [0.05, 0.1) is 30.2 Å². The van der Waals surface area contributed by atoms with Crippen LogP contribution in [0.2, 0.25) is 0 Å². The third kappa shape index (κ3) is 4.40. The molecule has 1 aliphatic rings. The SMILES string of the molecule is CC(Oc1ccccc1C(=O)c1ccc(N)c(N)c1)C(C)N1CCOCC1. The molecule has 2 aromatic rings. The van der Waals surface area contributed by atoms with E-state index >= 15 is 0 Å². The maximum atomic E-state index is 13.0. The number of rotatable bonds is 6. The quantitative estimate of drug-likeness (QED) is 0.601. The third-order valence-corrected chi connectivity index (χ3v) is 5.09. The van der Waals surface area contributed by atoms with Crippen LogP contribution in [0.3, 0.4) is 0 Å². The van der Waals surface area contributed by atoms with Crippen molar-refractivity contribution in [2.75, 3.05) is 37.8 Å². The minimum Gasteiger partial charge on any atom is -0.488 e. The first-order chi connectivity index (χ1) is 13.0. The second-order valence-corrected chi connectivity index (χ2v) is 6.88. The lowest BCUT2D eigenvalue weighted by Crippen LogP contribution is -2.48. The molecule has 6 nitrogen and oxygen atoms in total. The van der Waals surface area contributed by atoms with Gasteiger partial charge in [0.15, 0.2) is 5.78 Å². The Bertz CT molecular complexity index is 803. The number of nitrogens with zero attached hydrogens (tertiary/aromatic N) is 1. The van der Waals surface area contributed by atoms with Crippen molar-refractivity contribution in [3.8, 4) is 5.75 Å². The molecule has 0 amide bonds. The third-order valence-electron chi connectivity index (χ3n) is 5.09. The molecule has 1 heterocycles. The first kappa shape index (κ1) is 19.2. The molecule has 1 fully saturated rings. The monoisotopic (exact) mass is 369 g/mol. The number of anilines is 2. The van der Waals surface area contributed by atoms with E-state index < -0.39 is 0 Å². The fraction of sp³-hybridized carbons (Fsp3) is 0.381. The molecule has 1 aliphatic heterocycles. The predicted octanol–water partition coefficient (Wildman–Crippen LogP) is 2.57. The van der Waals surface area contributed by atoms with Crippen molar-refractivity contribution in [3.63, 3.8) is 0 Å². The number of carbonyl (C=O) groups is 1. The highest BCUT2D eigenvalue weighted by molar-refractivity contribution is 6.11. The fourth-order valence-corrected chi connectivity index (χ4v) is 3.21. The van der Waals surface area contributed by atoms with Gasteiger partial charge in [-0.15, -0.1) is 0 Å². The van der Waals surface area contributed by atoms with E-state index in [1.165, 1.54) is 0 Å². The Morgan fingerprint density at radius 3 is 2.48 bits per heavy atom. The van der Waals surface area contributed by atoms with E-state index in [2.05, 4.69) is 11.8 Å². The van der Waals surface area contributed by atoms with Crippen molar-refractivity contribution in [1.29, 1.82) is 0 Å². The highest BCUT2D eigenvalue weighted by atomic mass is 16.5. The second kappa shape index (κ2) is 8.41. The molecule has 2 aromatic carbocycles. The van der Waals surface area contributed by atoms with Gasteiger partial charge in [-0.1, -0.05) is 12.1 Å². The van der Waals surface area contributed by atoms with Crippen molar-refractivity contribution in [2.45, 2.75) is 26.0 Å². The lowest BCUT2D eigenvalue weighted by molar-refractivity contribution is -0.00572. The Kier molecular flexibility index (Phi) is 5.98. The van der Waals surface area contributed by atoms with Crippen molar-refractivity contribution in [2.24, 2.45) is 0 Å². The largest absolute Gasteiger partial charge is 0.488 e. The summed E-state index contributed by atoms with van der Waals surface area (Å²) < 4.78 is 11.6. The second-order valence-electron chi connectivity index (χ2n) is 6.88. The van der Waals surface area contributed by atoms with E-state index in [0.717, 1.165) is 26.3 Å². The number of hydrogen-bond acceptors (Lipinski definition) is 6. The van der Waals surface area contributed by atoms with Crippen molar-refractivity contribution < 1.29 is 14.3 Å². The van der Waals surface area contributed by atoms with Crippen molar-refractivity contribution in [1.82, 2.24) is 4.90 Å². The van der Waals surface area contributed by atoms with Crippen LogP contribution < -0.4 is 16.2 Å². The summed E-state index contributed by atoms with van der Waals surface area (Å²) in [7, 11) is 0. The molecule has 0 aromatic heterocycles. The van der Waals surface area contributed by atoms with Crippen LogP contribution in [-0.4, -0.2) is 49.1 Å². The summed E-state index contributed by atoms with van der Waals surface area (Å²) in [6, 6.07) is 12.5. The summed E-state index contributed by atoms with van der Waals surface area (Å²) in [5.74, 6) is 0.439. The molecule has 0 saturated carbocycles. The maximum absolute atomic E-state index is 13.0. The zero-order chi connectivity index (χ0) is 19.4. The van der Waals surface area contributed by atoms with Crippen molar-refractivity contribution in [3.05, 3.63) is 53.6 Å². The van der Waals surface area contributed by atoms with E-state index in [9.17, 15) is 4.79 Å². The number of nitrogen functional groups attached to an aromatic ring is 2. The lowest BCUT2D eigenvalue weighted by Gasteiger charge is -2.35. The summed E-state index contributed by atoms with van der Waals surface area (Å²) in [6.07, 6.45) is -0.0754. The molecular weight excluding hydrogens is 342 g/mol. The minimum absolute atomic E-state index is 0.0754. The minimum atomic E-state index is -0.136. The number of nitrogens with two attached hydrogens (primary N) is 2. The van der Waals surface area contributed by atoms with Crippen LogP contribution >= 0.6 is 0 Å². The van der Waals surface area contributed by atoms with Gasteiger partial charge >= 0.3 is 0 Å². The molecule has 2 unspecified atom stereocenters. The first-order valence-corrected chi connectivity index (χ1v) is 9.24. The van der Waals surface area contributed by atoms with Gasteiger partial charge in [-0.3, -0.25) is 9.69 Å². The van der Waals surface area contributed by atoms with Crippen LogP contribution in [0.5, 0.6) is 5.75 Å². The zero-order valence-electron chi connectivity index (χ0n) is 15.9. The van der Waals surface area contributed by atoms with Gasteiger partial charge in [0.2, 0.25) is 0 Å². The summed E-state index contributed by atoms with van der Waals surface area (Å²) in [5, 5.41) is 0. The average Bonchev–Trinajstić information content (AvgIpc) is 2.70. The number of ether oxygens (including phenoxy) is 2. The van der Waals surface area contributed by atoms with Crippen LogP contribution in [0.4, 0.5) is 11.4 Å². The Balaban J connectivity index is 1.78. The first-order valence-electron chi connectivity index (χ1n) is 9.24. The number of carbonyl (C=O) groups excluding carboxylic acids is 1. The number of ketones is 1. The normalized spacial score (nSPS) is 17.3. The number of para-hydroxylation sites is 1. The Labute approximate surface area is 160 Å². The summed E-state index contributed by atoms with van der Waals surface area (Å²) >= 11 is 0. The lowest BCUT2D eigenvalue weighted by atomic mass is 10.0. The molecule has 144 valence electrons. The van der Waals surface area contributed by atoms with Crippen LogP contribution in [0.15, 0.2) is 42.5 Å². The van der Waals surface area contributed by atoms with Crippen LogP contribution in [0.25, 0.3) is 0 Å². The van der Waals surface area contributed by atoms with E-state index in [1.807, 2.05) is 25.1 Å². The molecule has 3 rings (SSSR count). The van der Waals surface area contributed by atoms with E-state index in [-0.39, 0.29) is 17.9 Å². The summed E-state index contributed by atoms with van der Waals surface area (Å²) in [6.45, 7) is 7.43. The molecule has 0 spiro atoms. The van der Waals surface area contributed by atoms with Crippen molar-refractivity contribution >= 4 is 17.2 Å². The zero-order valence-corrected chi connectivity index (χ0v) is 15.9. The number of hydrogen-bond donors (Lipinski definition) is 2. The van der Waals surface area contributed by atoms with Gasteiger partial charge in [0, 0.05) is 24.7 Å². The van der Waals surface area contributed by atoms with Crippen LogP contribution in [-0.2, 0) is 4.74 Å².